The van der Waals surface area contributed by atoms with Gasteiger partial charge in [-0.05, 0) is 24.3 Å². The lowest BCUT2D eigenvalue weighted by Crippen LogP contribution is -1.84. The first-order valence-corrected chi connectivity index (χ1v) is 7.27. The number of fused-ring (bicyclic) bond motifs is 1. The van der Waals surface area contributed by atoms with E-state index in [1.54, 1.807) is 0 Å². The SMILES string of the molecule is Clc1ccccc1-c1cc(-c2ccc3ccccc3n2)no1. The molecule has 0 amide bonds. The molecule has 0 fully saturated rings. The van der Waals surface area contributed by atoms with Crippen molar-refractivity contribution in [3.8, 4) is 22.7 Å². The normalized spacial score (nSPS) is 11.0. The van der Waals surface area contributed by atoms with E-state index < -0.39 is 0 Å². The van der Waals surface area contributed by atoms with E-state index in [4.69, 9.17) is 16.1 Å². The summed E-state index contributed by atoms with van der Waals surface area (Å²) >= 11 is 6.19. The molecule has 0 radical (unpaired) electrons. The van der Waals surface area contributed by atoms with E-state index in [0.29, 0.717) is 16.5 Å². The van der Waals surface area contributed by atoms with Crippen molar-refractivity contribution in [3.05, 3.63) is 71.8 Å². The largest absolute Gasteiger partial charge is 0.356 e. The number of hydrogen-bond acceptors (Lipinski definition) is 3. The Hall–Kier alpha value is -2.65. The predicted molar refractivity (Wildman–Crippen MR) is 87.7 cm³/mol. The maximum Gasteiger partial charge on any atom is 0.169 e. The molecule has 2 aromatic heterocycles. The monoisotopic (exact) mass is 306 g/mol. The summed E-state index contributed by atoms with van der Waals surface area (Å²) in [4.78, 5) is 4.62. The third kappa shape index (κ3) is 2.26. The van der Waals surface area contributed by atoms with Crippen LogP contribution in [0.5, 0.6) is 0 Å². The van der Waals surface area contributed by atoms with Crippen LogP contribution in [0, 0.1) is 0 Å². The van der Waals surface area contributed by atoms with Gasteiger partial charge >= 0.3 is 0 Å². The number of pyridine rings is 1. The minimum atomic E-state index is 0.635. The minimum absolute atomic E-state index is 0.635. The van der Waals surface area contributed by atoms with Gasteiger partial charge in [0.25, 0.3) is 0 Å². The van der Waals surface area contributed by atoms with E-state index in [9.17, 15) is 0 Å². The first-order chi connectivity index (χ1) is 10.8. The summed E-state index contributed by atoms with van der Waals surface area (Å²) in [5.74, 6) is 0.635. The van der Waals surface area contributed by atoms with Gasteiger partial charge in [-0.3, -0.25) is 0 Å². The van der Waals surface area contributed by atoms with E-state index in [1.165, 1.54) is 0 Å². The first-order valence-electron chi connectivity index (χ1n) is 6.89. The molecule has 0 unspecified atom stereocenters. The van der Waals surface area contributed by atoms with Gasteiger partial charge in [0.15, 0.2) is 5.76 Å². The summed E-state index contributed by atoms with van der Waals surface area (Å²) in [6, 6.07) is 21.3. The third-order valence-corrected chi connectivity index (χ3v) is 3.84. The van der Waals surface area contributed by atoms with Gasteiger partial charge in [-0.25, -0.2) is 4.98 Å². The Balaban J connectivity index is 1.78. The van der Waals surface area contributed by atoms with Gasteiger partial charge in [-0.15, -0.1) is 0 Å². The Morgan fingerprint density at radius 3 is 2.55 bits per heavy atom. The molecule has 4 rings (SSSR count). The molecule has 4 heteroatoms. The molecule has 3 nitrogen and oxygen atoms in total. The lowest BCUT2D eigenvalue weighted by Gasteiger charge is -1.99. The fraction of sp³-hybridized carbons (Fsp3) is 0. The predicted octanol–water partition coefficient (Wildman–Crippen LogP) is 5.21. The molecule has 0 atom stereocenters. The molecule has 0 bridgehead atoms. The van der Waals surface area contributed by atoms with Gasteiger partial charge in [0, 0.05) is 17.0 Å². The van der Waals surface area contributed by atoms with Crippen molar-refractivity contribution in [2.75, 3.05) is 0 Å². The Labute approximate surface area is 132 Å². The van der Waals surface area contributed by atoms with Crippen molar-refractivity contribution in [2.45, 2.75) is 0 Å². The second-order valence-corrected chi connectivity index (χ2v) is 5.35. The second kappa shape index (κ2) is 5.28. The van der Waals surface area contributed by atoms with Crippen LogP contribution in [0.3, 0.4) is 0 Å². The van der Waals surface area contributed by atoms with Crippen molar-refractivity contribution in [2.24, 2.45) is 0 Å². The Morgan fingerprint density at radius 1 is 0.818 bits per heavy atom. The summed E-state index contributed by atoms with van der Waals surface area (Å²) in [7, 11) is 0. The highest BCUT2D eigenvalue weighted by Gasteiger charge is 2.12. The standard InChI is InChI=1S/C18H11ClN2O/c19-14-7-3-2-6-13(14)18-11-17(21-22-18)16-10-9-12-5-1-4-8-15(12)20-16/h1-11H. The fourth-order valence-electron chi connectivity index (χ4n) is 2.39. The summed E-state index contributed by atoms with van der Waals surface area (Å²) < 4.78 is 5.42. The molecule has 4 aromatic rings. The lowest BCUT2D eigenvalue weighted by molar-refractivity contribution is 0.434. The number of rotatable bonds is 2. The Morgan fingerprint density at radius 2 is 1.64 bits per heavy atom. The van der Waals surface area contributed by atoms with Crippen molar-refractivity contribution in [1.29, 1.82) is 0 Å². The van der Waals surface area contributed by atoms with Crippen LogP contribution in [-0.4, -0.2) is 10.1 Å². The Kier molecular flexibility index (Phi) is 3.13. The second-order valence-electron chi connectivity index (χ2n) is 4.95. The molecule has 0 aliphatic carbocycles. The number of nitrogens with zero attached hydrogens (tertiary/aromatic N) is 2. The van der Waals surface area contributed by atoms with Crippen molar-refractivity contribution in [1.82, 2.24) is 10.1 Å². The summed E-state index contributed by atoms with van der Waals surface area (Å²) in [6.45, 7) is 0. The van der Waals surface area contributed by atoms with Crippen molar-refractivity contribution >= 4 is 22.5 Å². The van der Waals surface area contributed by atoms with E-state index >= 15 is 0 Å². The number of aromatic nitrogens is 2. The number of benzene rings is 2. The Bertz CT molecular complexity index is 962. The topological polar surface area (TPSA) is 38.9 Å². The molecule has 2 heterocycles. The van der Waals surface area contributed by atoms with Crippen LogP contribution >= 0.6 is 11.6 Å². The molecule has 0 N–H and O–H groups in total. The van der Waals surface area contributed by atoms with Crippen LogP contribution in [0.2, 0.25) is 5.02 Å². The smallest absolute Gasteiger partial charge is 0.169 e. The van der Waals surface area contributed by atoms with E-state index in [1.807, 2.05) is 66.7 Å². The average Bonchev–Trinajstić information content (AvgIpc) is 3.04. The third-order valence-electron chi connectivity index (χ3n) is 3.51. The summed E-state index contributed by atoms with van der Waals surface area (Å²) in [5, 5.41) is 5.85. The zero-order valence-corrected chi connectivity index (χ0v) is 12.3. The molecular weight excluding hydrogens is 296 g/mol. The molecule has 106 valence electrons. The molecule has 0 aliphatic heterocycles. The first kappa shape index (κ1) is 13.0. The molecule has 0 aliphatic rings. The van der Waals surface area contributed by atoms with Gasteiger partial charge in [0.05, 0.1) is 16.2 Å². The van der Waals surface area contributed by atoms with Crippen molar-refractivity contribution in [3.63, 3.8) is 0 Å². The highest BCUT2D eigenvalue weighted by molar-refractivity contribution is 6.33. The zero-order chi connectivity index (χ0) is 14.9. The zero-order valence-electron chi connectivity index (χ0n) is 11.5. The number of halogens is 1. The summed E-state index contributed by atoms with van der Waals surface area (Å²) in [6.07, 6.45) is 0. The van der Waals surface area contributed by atoms with Crippen LogP contribution in [0.15, 0.2) is 71.3 Å². The van der Waals surface area contributed by atoms with Gasteiger partial charge < -0.3 is 4.52 Å². The highest BCUT2D eigenvalue weighted by Crippen LogP contribution is 2.30. The number of hydrogen-bond donors (Lipinski definition) is 0. The van der Waals surface area contributed by atoms with Crippen LogP contribution < -0.4 is 0 Å². The highest BCUT2D eigenvalue weighted by atomic mass is 35.5. The maximum absolute atomic E-state index is 6.19. The van der Waals surface area contributed by atoms with Crippen LogP contribution in [0.4, 0.5) is 0 Å². The fourth-order valence-corrected chi connectivity index (χ4v) is 2.62. The van der Waals surface area contributed by atoms with Crippen LogP contribution in [0.1, 0.15) is 0 Å². The maximum atomic E-state index is 6.19. The molecule has 2 aromatic carbocycles. The van der Waals surface area contributed by atoms with E-state index in [-0.39, 0.29) is 0 Å². The van der Waals surface area contributed by atoms with Crippen molar-refractivity contribution < 1.29 is 4.52 Å². The number of para-hydroxylation sites is 1. The average molecular weight is 307 g/mol. The van der Waals surface area contributed by atoms with E-state index in [2.05, 4.69) is 10.1 Å². The van der Waals surface area contributed by atoms with E-state index in [0.717, 1.165) is 22.2 Å². The quantitative estimate of drug-likeness (QED) is 0.510. The summed E-state index contributed by atoms with van der Waals surface area (Å²) in [5.41, 5.74) is 3.23. The molecule has 0 spiro atoms. The molecular formula is C18H11ClN2O. The lowest BCUT2D eigenvalue weighted by atomic mass is 10.1. The van der Waals surface area contributed by atoms with Crippen LogP contribution in [-0.2, 0) is 0 Å². The molecule has 22 heavy (non-hydrogen) atoms. The van der Waals surface area contributed by atoms with Gasteiger partial charge in [0.2, 0.25) is 0 Å². The van der Waals surface area contributed by atoms with Gasteiger partial charge in [0.1, 0.15) is 5.69 Å². The minimum Gasteiger partial charge on any atom is -0.356 e. The van der Waals surface area contributed by atoms with Crippen LogP contribution in [0.25, 0.3) is 33.6 Å². The molecule has 0 saturated carbocycles. The molecule has 0 saturated heterocycles. The van der Waals surface area contributed by atoms with Gasteiger partial charge in [-0.1, -0.05) is 53.2 Å². The van der Waals surface area contributed by atoms with Gasteiger partial charge in [-0.2, -0.15) is 0 Å².